The van der Waals surface area contributed by atoms with E-state index in [1.807, 2.05) is 37.3 Å². The van der Waals surface area contributed by atoms with Crippen LogP contribution in [0.4, 0.5) is 5.13 Å². The molecule has 1 amide bonds. The molecule has 4 aromatic rings. The molecule has 0 bridgehead atoms. The van der Waals surface area contributed by atoms with Crippen molar-refractivity contribution in [2.24, 2.45) is 0 Å². The average molecular weight is 659 g/mol. The quantitative estimate of drug-likeness (QED) is 0.0864. The second-order valence-corrected chi connectivity index (χ2v) is 11.5. The first kappa shape index (κ1) is 33.0. The Morgan fingerprint density at radius 2 is 1.62 bits per heavy atom. The molecule has 3 aromatic carbocycles. The van der Waals surface area contributed by atoms with Crippen molar-refractivity contribution in [2.45, 2.75) is 33.4 Å². The minimum atomic E-state index is -1.18. The maximum absolute atomic E-state index is 13.8. The molecule has 1 fully saturated rings. The fourth-order valence-corrected chi connectivity index (χ4v) is 6.31. The van der Waals surface area contributed by atoms with Crippen molar-refractivity contribution in [3.05, 3.63) is 99.1 Å². The van der Waals surface area contributed by atoms with E-state index in [1.165, 1.54) is 26.2 Å². The molecule has 2 heterocycles. The van der Waals surface area contributed by atoms with Crippen LogP contribution in [0.15, 0.2) is 66.2 Å². The van der Waals surface area contributed by atoms with Crippen molar-refractivity contribution in [1.29, 1.82) is 0 Å². The van der Waals surface area contributed by atoms with Gasteiger partial charge in [-0.2, -0.15) is 0 Å². The van der Waals surface area contributed by atoms with Crippen molar-refractivity contribution in [3.8, 4) is 23.0 Å². The highest BCUT2D eigenvalue weighted by atomic mass is 32.1. The number of amides is 1. The third-order valence-corrected chi connectivity index (χ3v) is 8.72. The summed E-state index contributed by atoms with van der Waals surface area (Å²) in [7, 11) is 4.34. The summed E-state index contributed by atoms with van der Waals surface area (Å²) in [6.45, 7) is 5.61. The molecule has 1 N–H and O–H groups in total. The molecule has 1 aromatic heterocycles. The van der Waals surface area contributed by atoms with Gasteiger partial charge >= 0.3 is 11.9 Å². The zero-order valence-corrected chi connectivity index (χ0v) is 27.6. The molecule has 0 aliphatic carbocycles. The van der Waals surface area contributed by atoms with Gasteiger partial charge in [0.05, 0.1) is 45.2 Å². The monoisotopic (exact) mass is 658 g/mol. The normalized spacial score (nSPS) is 15.4. The second-order valence-electron chi connectivity index (χ2n) is 10.5. The van der Waals surface area contributed by atoms with Crippen LogP contribution in [0.3, 0.4) is 0 Å². The zero-order chi connectivity index (χ0) is 33.8. The van der Waals surface area contributed by atoms with Gasteiger partial charge in [0, 0.05) is 5.56 Å². The van der Waals surface area contributed by atoms with Crippen LogP contribution in [0.5, 0.6) is 23.0 Å². The predicted octanol–water partition coefficient (Wildman–Crippen LogP) is 6.17. The summed E-state index contributed by atoms with van der Waals surface area (Å²) in [6.07, 6.45) is 0. The summed E-state index contributed by atoms with van der Waals surface area (Å²) in [5, 5.41) is 11.8. The highest BCUT2D eigenvalue weighted by Crippen LogP contribution is 2.48. The van der Waals surface area contributed by atoms with Gasteiger partial charge in [-0.1, -0.05) is 41.7 Å². The van der Waals surface area contributed by atoms with Crippen LogP contribution in [0.1, 0.15) is 50.6 Å². The number of nitrogens with zero attached hydrogens (tertiary/aromatic N) is 2. The summed E-state index contributed by atoms with van der Waals surface area (Å²) in [5.74, 6) is -1.44. The number of hydrogen-bond donors (Lipinski definition) is 1. The van der Waals surface area contributed by atoms with Crippen molar-refractivity contribution >= 4 is 39.9 Å². The minimum absolute atomic E-state index is 0.0753. The number of carbonyl (C=O) groups is 3. The van der Waals surface area contributed by atoms with E-state index in [1.54, 1.807) is 44.2 Å². The van der Waals surface area contributed by atoms with E-state index in [0.29, 0.717) is 40.5 Å². The van der Waals surface area contributed by atoms with Crippen LogP contribution in [0, 0.1) is 13.8 Å². The molecular formula is C35H34N2O9S. The maximum Gasteiger partial charge on any atom is 0.350 e. The van der Waals surface area contributed by atoms with E-state index in [9.17, 15) is 19.5 Å². The number of aromatic nitrogens is 1. The number of hydrogen-bond acceptors (Lipinski definition) is 11. The summed E-state index contributed by atoms with van der Waals surface area (Å²) in [6, 6.07) is 16.7. The van der Waals surface area contributed by atoms with Gasteiger partial charge in [0.1, 0.15) is 23.0 Å². The number of methoxy groups -OCH3 is 3. The van der Waals surface area contributed by atoms with E-state index >= 15 is 0 Å². The van der Waals surface area contributed by atoms with Crippen molar-refractivity contribution in [1.82, 2.24) is 4.98 Å². The lowest BCUT2D eigenvalue weighted by Gasteiger charge is -2.24. The summed E-state index contributed by atoms with van der Waals surface area (Å²) in [4.78, 5) is 46.1. The number of Topliss-reactive ketones (excluding diaryl/α,β-unsaturated/α-hetero) is 1. The van der Waals surface area contributed by atoms with Gasteiger partial charge in [0.2, 0.25) is 5.75 Å². The number of aliphatic hydroxyl groups excluding tert-OH is 1. The lowest BCUT2D eigenvalue weighted by Crippen LogP contribution is -2.29. The van der Waals surface area contributed by atoms with Crippen molar-refractivity contribution in [2.75, 3.05) is 32.8 Å². The number of benzene rings is 3. The van der Waals surface area contributed by atoms with E-state index in [2.05, 4.69) is 4.98 Å². The molecule has 1 aliphatic heterocycles. The SMILES string of the molecule is CCOC(=O)c1sc(N2C(=O)C(=O)C(=C(O)c3ccc(OCc4ccccc4)c(C)c3)C2c2cc(OC)c(OC)c(OC)c2)nc1C. The van der Waals surface area contributed by atoms with E-state index in [-0.39, 0.29) is 33.7 Å². The van der Waals surface area contributed by atoms with Gasteiger partial charge in [0.25, 0.3) is 5.78 Å². The Bertz CT molecular complexity index is 1840. The standard InChI is InChI=1S/C35H34N2O9S/c1-7-45-34(41)32-20(3)36-35(47-32)37-28(23-16-25(42-4)31(44-6)26(17-23)43-5)27(30(39)33(37)40)29(38)22-13-14-24(19(2)15-22)46-18-21-11-9-8-10-12-21/h8-17,28,38H,7,18H2,1-6H3. The Labute approximate surface area is 275 Å². The fraction of sp³-hybridized carbons (Fsp3) is 0.257. The topological polar surface area (TPSA) is 134 Å². The van der Waals surface area contributed by atoms with Crippen LogP contribution in [-0.4, -0.2) is 55.7 Å². The van der Waals surface area contributed by atoms with Crippen LogP contribution >= 0.6 is 11.3 Å². The van der Waals surface area contributed by atoms with Crippen LogP contribution in [-0.2, 0) is 20.9 Å². The first-order chi connectivity index (χ1) is 22.6. The molecule has 0 spiro atoms. The molecule has 1 atom stereocenters. The van der Waals surface area contributed by atoms with Gasteiger partial charge < -0.3 is 28.8 Å². The number of anilines is 1. The first-order valence-electron chi connectivity index (χ1n) is 14.7. The van der Waals surface area contributed by atoms with Gasteiger partial charge in [-0.3, -0.25) is 14.5 Å². The largest absolute Gasteiger partial charge is 0.507 e. The number of ether oxygens (including phenoxy) is 5. The average Bonchev–Trinajstić information content (AvgIpc) is 3.59. The Hall–Kier alpha value is -5.36. The van der Waals surface area contributed by atoms with Gasteiger partial charge in [-0.05, 0) is 67.8 Å². The van der Waals surface area contributed by atoms with Crippen LogP contribution < -0.4 is 23.8 Å². The van der Waals surface area contributed by atoms with E-state index in [0.717, 1.165) is 16.9 Å². The van der Waals surface area contributed by atoms with Crippen LogP contribution in [0.2, 0.25) is 0 Å². The van der Waals surface area contributed by atoms with Gasteiger partial charge in [0.15, 0.2) is 16.6 Å². The lowest BCUT2D eigenvalue weighted by atomic mass is 9.94. The minimum Gasteiger partial charge on any atom is -0.507 e. The summed E-state index contributed by atoms with van der Waals surface area (Å²) in [5.41, 5.74) is 2.51. The number of aliphatic hydroxyl groups is 1. The third kappa shape index (κ3) is 6.36. The first-order valence-corrected chi connectivity index (χ1v) is 15.5. The molecule has 244 valence electrons. The Kier molecular flexibility index (Phi) is 9.80. The molecule has 1 saturated heterocycles. The number of carbonyl (C=O) groups excluding carboxylic acids is 3. The third-order valence-electron chi connectivity index (χ3n) is 7.58. The number of thiazole rings is 1. The molecule has 5 rings (SSSR count). The predicted molar refractivity (Wildman–Crippen MR) is 176 cm³/mol. The summed E-state index contributed by atoms with van der Waals surface area (Å²) >= 11 is 0.913. The van der Waals surface area contributed by atoms with Crippen molar-refractivity contribution in [3.63, 3.8) is 0 Å². The maximum atomic E-state index is 13.8. The van der Waals surface area contributed by atoms with Crippen molar-refractivity contribution < 1.29 is 43.2 Å². The lowest BCUT2D eigenvalue weighted by molar-refractivity contribution is -0.132. The molecular weight excluding hydrogens is 624 g/mol. The fourth-order valence-electron chi connectivity index (χ4n) is 5.33. The number of rotatable bonds is 11. The zero-order valence-electron chi connectivity index (χ0n) is 26.8. The van der Waals surface area contributed by atoms with Gasteiger partial charge in [-0.25, -0.2) is 9.78 Å². The molecule has 1 aliphatic rings. The molecule has 47 heavy (non-hydrogen) atoms. The summed E-state index contributed by atoms with van der Waals surface area (Å²) < 4.78 is 27.8. The number of ketones is 1. The highest BCUT2D eigenvalue weighted by molar-refractivity contribution is 7.17. The number of aryl methyl sites for hydroxylation is 2. The highest BCUT2D eigenvalue weighted by Gasteiger charge is 2.49. The number of esters is 1. The Morgan fingerprint density at radius 3 is 2.21 bits per heavy atom. The molecule has 12 heteroatoms. The van der Waals surface area contributed by atoms with Gasteiger partial charge in [-0.15, -0.1) is 0 Å². The molecule has 0 radical (unpaired) electrons. The smallest absolute Gasteiger partial charge is 0.350 e. The molecule has 0 saturated carbocycles. The second kappa shape index (κ2) is 14.0. The van der Waals surface area contributed by atoms with Crippen LogP contribution in [0.25, 0.3) is 5.76 Å². The molecule has 11 nitrogen and oxygen atoms in total. The van der Waals surface area contributed by atoms with E-state index < -0.39 is 29.5 Å². The Morgan fingerprint density at radius 1 is 0.936 bits per heavy atom. The van der Waals surface area contributed by atoms with E-state index in [4.69, 9.17) is 23.7 Å². The Balaban J connectivity index is 1.65. The molecule has 1 unspecified atom stereocenters.